The van der Waals surface area contributed by atoms with Crippen LogP contribution < -0.4 is 0 Å². The van der Waals surface area contributed by atoms with E-state index in [1.165, 1.54) is 0 Å². The van der Waals surface area contributed by atoms with Crippen molar-refractivity contribution < 1.29 is 13.9 Å². The van der Waals surface area contributed by atoms with Gasteiger partial charge in [-0.2, -0.15) is 9.38 Å². The van der Waals surface area contributed by atoms with E-state index < -0.39 is 11.1 Å². The highest BCUT2D eigenvalue weighted by Gasteiger charge is 2.22. The SMILES string of the molecule is CCCCCOC(=O)c1sc(F)c(N=C=S)c1Cl. The first kappa shape index (κ1) is 15.2. The molecule has 1 heterocycles. The largest absolute Gasteiger partial charge is 0.461 e. The summed E-state index contributed by atoms with van der Waals surface area (Å²) in [6.45, 7) is 2.34. The monoisotopic (exact) mass is 307 g/mol. The van der Waals surface area contributed by atoms with Gasteiger partial charge in [-0.15, -0.1) is 0 Å². The molecule has 0 fully saturated rings. The molecule has 1 aromatic rings. The fraction of sp³-hybridized carbons (Fsp3) is 0.455. The lowest BCUT2D eigenvalue weighted by atomic mass is 10.3. The maximum atomic E-state index is 13.4. The van der Waals surface area contributed by atoms with Gasteiger partial charge >= 0.3 is 5.97 Å². The Kier molecular flexibility index (Phi) is 6.43. The third kappa shape index (κ3) is 3.85. The number of ether oxygens (including phenoxy) is 1. The van der Waals surface area contributed by atoms with Gasteiger partial charge in [-0.1, -0.05) is 42.7 Å². The van der Waals surface area contributed by atoms with Gasteiger partial charge < -0.3 is 4.74 Å². The van der Waals surface area contributed by atoms with Gasteiger partial charge in [0.25, 0.3) is 0 Å². The molecular weight excluding hydrogens is 297 g/mol. The number of halogens is 2. The molecule has 0 saturated carbocycles. The van der Waals surface area contributed by atoms with Crippen LogP contribution in [0, 0.1) is 5.13 Å². The van der Waals surface area contributed by atoms with Gasteiger partial charge in [0.05, 0.1) is 16.8 Å². The summed E-state index contributed by atoms with van der Waals surface area (Å²) in [4.78, 5) is 15.1. The molecule has 0 saturated heterocycles. The third-order valence-electron chi connectivity index (χ3n) is 2.11. The Labute approximate surface area is 119 Å². The van der Waals surface area contributed by atoms with Crippen molar-refractivity contribution in [3.05, 3.63) is 15.0 Å². The second-order valence-corrected chi connectivity index (χ2v) is 4.94. The molecule has 0 bridgehead atoms. The zero-order chi connectivity index (χ0) is 13.5. The molecule has 18 heavy (non-hydrogen) atoms. The van der Waals surface area contributed by atoms with E-state index in [0.29, 0.717) is 17.9 Å². The molecule has 1 aromatic heterocycles. The molecule has 3 nitrogen and oxygen atoms in total. The summed E-state index contributed by atoms with van der Waals surface area (Å²) in [5.74, 6) is -0.633. The van der Waals surface area contributed by atoms with E-state index in [0.717, 1.165) is 19.3 Å². The Balaban J connectivity index is 2.74. The van der Waals surface area contributed by atoms with Gasteiger partial charge in [-0.25, -0.2) is 4.79 Å². The van der Waals surface area contributed by atoms with Gasteiger partial charge in [0.1, 0.15) is 10.6 Å². The molecule has 1 rings (SSSR count). The molecule has 0 aliphatic carbocycles. The summed E-state index contributed by atoms with van der Waals surface area (Å²) in [5.41, 5.74) is -0.155. The molecule has 0 spiro atoms. The minimum absolute atomic E-state index is 0.00895. The average molecular weight is 308 g/mol. The van der Waals surface area contributed by atoms with Gasteiger partial charge in [0.15, 0.2) is 0 Å². The van der Waals surface area contributed by atoms with Crippen molar-refractivity contribution in [2.45, 2.75) is 26.2 Å². The zero-order valence-electron chi connectivity index (χ0n) is 9.66. The predicted octanol–water partition coefficient (Wildman–Crippen LogP) is 4.62. The summed E-state index contributed by atoms with van der Waals surface area (Å²) >= 11 is 10.8. The molecular formula is C11H11ClFNO2S2. The van der Waals surface area contributed by atoms with Crippen LogP contribution in [-0.2, 0) is 4.74 Å². The van der Waals surface area contributed by atoms with Crippen molar-refractivity contribution in [2.24, 2.45) is 4.99 Å². The Morgan fingerprint density at radius 1 is 1.61 bits per heavy atom. The summed E-state index contributed by atoms with van der Waals surface area (Å²) in [5, 5.41) is 1.27. The fourth-order valence-electron chi connectivity index (χ4n) is 1.23. The minimum atomic E-state index is -0.669. The number of esters is 1. The van der Waals surface area contributed by atoms with Crippen molar-refractivity contribution >= 4 is 52.0 Å². The first-order chi connectivity index (χ1) is 8.61. The van der Waals surface area contributed by atoms with Gasteiger partial charge in [0, 0.05) is 0 Å². The smallest absolute Gasteiger partial charge is 0.350 e. The Morgan fingerprint density at radius 3 is 2.94 bits per heavy atom. The molecule has 7 heteroatoms. The average Bonchev–Trinajstić information content (AvgIpc) is 2.63. The highest BCUT2D eigenvalue weighted by Crippen LogP contribution is 2.38. The Hall–Kier alpha value is -0.810. The number of thiophene rings is 1. The van der Waals surface area contributed by atoms with Crippen molar-refractivity contribution in [3.63, 3.8) is 0 Å². The van der Waals surface area contributed by atoms with E-state index in [1.807, 2.05) is 12.1 Å². The summed E-state index contributed by atoms with van der Waals surface area (Å²) in [6.07, 6.45) is 2.78. The standard InChI is InChI=1S/C11H11ClFNO2S2/c1-2-3-4-5-16-11(15)9-7(12)8(14-6-17)10(13)18-9/h2-5H2,1H3. The number of aliphatic imine (C=N–C) groups is 1. The summed E-state index contributed by atoms with van der Waals surface area (Å²) in [7, 11) is 0. The van der Waals surface area contributed by atoms with Gasteiger partial charge in [-0.3, -0.25) is 0 Å². The van der Waals surface area contributed by atoms with Crippen LogP contribution in [0.1, 0.15) is 35.9 Å². The minimum Gasteiger partial charge on any atom is -0.461 e. The number of unbranched alkanes of at least 4 members (excludes halogenated alkanes) is 2. The van der Waals surface area contributed by atoms with Gasteiger partial charge in [0.2, 0.25) is 5.13 Å². The highest BCUT2D eigenvalue weighted by molar-refractivity contribution is 7.78. The van der Waals surface area contributed by atoms with Crippen molar-refractivity contribution in [2.75, 3.05) is 6.61 Å². The second kappa shape index (κ2) is 7.59. The van der Waals surface area contributed by atoms with E-state index >= 15 is 0 Å². The van der Waals surface area contributed by atoms with Crippen molar-refractivity contribution in [3.8, 4) is 0 Å². The van der Waals surface area contributed by atoms with E-state index in [9.17, 15) is 9.18 Å². The van der Waals surface area contributed by atoms with Crippen molar-refractivity contribution in [1.29, 1.82) is 0 Å². The lowest BCUT2D eigenvalue weighted by Gasteiger charge is -2.02. The number of nitrogens with zero attached hydrogens (tertiary/aromatic N) is 1. The van der Waals surface area contributed by atoms with Crippen LogP contribution in [0.2, 0.25) is 5.02 Å². The quantitative estimate of drug-likeness (QED) is 0.333. The predicted molar refractivity (Wildman–Crippen MR) is 73.8 cm³/mol. The fourth-order valence-corrected chi connectivity index (χ4v) is 2.45. The number of hydrogen-bond donors (Lipinski definition) is 0. The normalized spacial score (nSPS) is 9.94. The van der Waals surface area contributed by atoms with Crippen LogP contribution in [0.15, 0.2) is 4.99 Å². The van der Waals surface area contributed by atoms with E-state index in [-0.39, 0.29) is 15.6 Å². The molecule has 0 aliphatic heterocycles. The first-order valence-corrected chi connectivity index (χ1v) is 6.94. The van der Waals surface area contributed by atoms with Gasteiger partial charge in [-0.05, 0) is 18.6 Å². The number of thiocarbonyl (C=S) groups is 1. The van der Waals surface area contributed by atoms with Crippen LogP contribution in [0.25, 0.3) is 0 Å². The van der Waals surface area contributed by atoms with Crippen LogP contribution in [0.5, 0.6) is 0 Å². The number of hydrogen-bond acceptors (Lipinski definition) is 5. The summed E-state index contributed by atoms with van der Waals surface area (Å²) < 4.78 is 18.4. The number of carbonyl (C=O) groups excluding carboxylic acids is 1. The molecule has 0 radical (unpaired) electrons. The molecule has 0 amide bonds. The van der Waals surface area contributed by atoms with Crippen LogP contribution in [0.3, 0.4) is 0 Å². The van der Waals surface area contributed by atoms with Crippen LogP contribution in [0.4, 0.5) is 10.1 Å². The molecule has 0 atom stereocenters. The number of isothiocyanates is 1. The topological polar surface area (TPSA) is 38.7 Å². The molecule has 98 valence electrons. The third-order valence-corrected chi connectivity index (χ3v) is 3.63. The zero-order valence-corrected chi connectivity index (χ0v) is 12.1. The number of carbonyl (C=O) groups is 1. The van der Waals surface area contributed by atoms with E-state index in [2.05, 4.69) is 17.2 Å². The molecule has 0 unspecified atom stereocenters. The maximum absolute atomic E-state index is 13.4. The van der Waals surface area contributed by atoms with E-state index in [4.69, 9.17) is 16.3 Å². The van der Waals surface area contributed by atoms with Crippen molar-refractivity contribution in [1.82, 2.24) is 0 Å². The lowest BCUT2D eigenvalue weighted by molar-refractivity contribution is 0.0504. The highest BCUT2D eigenvalue weighted by atomic mass is 35.5. The molecule has 0 aromatic carbocycles. The van der Waals surface area contributed by atoms with Crippen LogP contribution in [-0.4, -0.2) is 17.7 Å². The summed E-state index contributed by atoms with van der Waals surface area (Å²) in [6, 6.07) is 0. The number of rotatable bonds is 6. The molecule has 0 N–H and O–H groups in total. The Morgan fingerprint density at radius 2 is 2.33 bits per heavy atom. The van der Waals surface area contributed by atoms with E-state index in [1.54, 1.807) is 0 Å². The second-order valence-electron chi connectivity index (χ2n) is 3.41. The Bertz CT molecular complexity index is 484. The maximum Gasteiger partial charge on any atom is 0.350 e. The first-order valence-electron chi connectivity index (χ1n) is 5.34. The van der Waals surface area contributed by atoms with Crippen LogP contribution >= 0.6 is 35.2 Å². The lowest BCUT2D eigenvalue weighted by Crippen LogP contribution is -2.04. The molecule has 0 aliphatic rings.